The summed E-state index contributed by atoms with van der Waals surface area (Å²) >= 11 is 0. The number of aryl methyl sites for hydroxylation is 1. The number of aliphatic hydroxyl groups is 2. The largest absolute Gasteiger partial charge is 0.459 e. The molecule has 2 aromatic carbocycles. The first-order valence-corrected chi connectivity index (χ1v) is 9.14. The van der Waals surface area contributed by atoms with Crippen LogP contribution in [0.5, 0.6) is 0 Å². The molecule has 0 aliphatic heterocycles. The maximum atomic E-state index is 9.46. The summed E-state index contributed by atoms with van der Waals surface area (Å²) in [7, 11) is 0. The number of aromatic nitrogens is 2. The van der Waals surface area contributed by atoms with Crippen LogP contribution in [0.25, 0.3) is 34.5 Å². The first-order valence-electron chi connectivity index (χ1n) is 9.14. The molecule has 0 spiro atoms. The van der Waals surface area contributed by atoms with Crippen LogP contribution < -0.4 is 5.73 Å². The molecule has 0 aliphatic carbocycles. The maximum Gasteiger partial charge on any atom is 0.250 e. The molecule has 4 N–H and O–H groups in total. The summed E-state index contributed by atoms with van der Waals surface area (Å²) in [5, 5.41) is 23.7. The van der Waals surface area contributed by atoms with E-state index < -0.39 is 18.8 Å². The Hall–Kier alpha value is -3.26. The second-order valence-electron chi connectivity index (χ2n) is 7.04. The molecule has 0 amide bonds. The van der Waals surface area contributed by atoms with Crippen molar-refractivity contribution in [3.05, 3.63) is 71.3 Å². The molecule has 0 unspecified atom stereocenters. The summed E-state index contributed by atoms with van der Waals surface area (Å²) in [6.07, 6.45) is 3.67. The lowest BCUT2D eigenvalue weighted by atomic mass is 10.00. The Morgan fingerprint density at radius 2 is 1.79 bits per heavy atom. The molecule has 2 aromatic heterocycles. The van der Waals surface area contributed by atoms with Crippen LogP contribution >= 0.6 is 0 Å². The van der Waals surface area contributed by atoms with Crippen LogP contribution in [0.4, 0.5) is 0 Å². The molecular formula is C22H21N3O4. The summed E-state index contributed by atoms with van der Waals surface area (Å²) in [6.45, 7) is 1.17. The van der Waals surface area contributed by atoms with Crippen molar-refractivity contribution in [2.75, 3.05) is 13.2 Å². The van der Waals surface area contributed by atoms with Crippen LogP contribution in [0.15, 0.2) is 57.5 Å². The van der Waals surface area contributed by atoms with Crippen molar-refractivity contribution in [2.45, 2.75) is 12.5 Å². The van der Waals surface area contributed by atoms with Crippen molar-refractivity contribution in [3.8, 4) is 11.4 Å². The highest BCUT2D eigenvalue weighted by molar-refractivity contribution is 5.83. The van der Waals surface area contributed by atoms with Gasteiger partial charge in [0, 0.05) is 17.0 Å². The predicted molar refractivity (Wildman–Crippen MR) is 110 cm³/mol. The van der Waals surface area contributed by atoms with Gasteiger partial charge < -0.3 is 24.9 Å². The van der Waals surface area contributed by atoms with Crippen LogP contribution in [-0.4, -0.2) is 33.6 Å². The van der Waals surface area contributed by atoms with Crippen molar-refractivity contribution >= 4 is 23.1 Å². The number of fused-ring (bicyclic) bond motifs is 1. The summed E-state index contributed by atoms with van der Waals surface area (Å²) in [5.74, 6) is 1.15. The first-order chi connectivity index (χ1) is 14.0. The highest BCUT2D eigenvalue weighted by Gasteiger charge is 2.30. The monoisotopic (exact) mass is 391 g/mol. The van der Waals surface area contributed by atoms with Crippen LogP contribution in [-0.2, 0) is 5.54 Å². The lowest BCUT2D eigenvalue weighted by Gasteiger charge is -2.21. The minimum Gasteiger partial charge on any atom is -0.459 e. The average molecular weight is 391 g/mol. The van der Waals surface area contributed by atoms with E-state index in [4.69, 9.17) is 14.7 Å². The van der Waals surface area contributed by atoms with E-state index in [0.29, 0.717) is 23.1 Å². The lowest BCUT2D eigenvalue weighted by Crippen LogP contribution is -2.43. The molecule has 4 aromatic rings. The van der Waals surface area contributed by atoms with Gasteiger partial charge in [-0.1, -0.05) is 35.0 Å². The van der Waals surface area contributed by atoms with Gasteiger partial charge in [0.1, 0.15) is 16.9 Å². The fourth-order valence-electron chi connectivity index (χ4n) is 2.90. The van der Waals surface area contributed by atoms with Crippen molar-refractivity contribution in [1.29, 1.82) is 0 Å². The summed E-state index contributed by atoms with van der Waals surface area (Å²) in [4.78, 5) is 4.41. The molecule has 4 rings (SSSR count). The van der Waals surface area contributed by atoms with Crippen molar-refractivity contribution < 1.29 is 19.2 Å². The zero-order chi connectivity index (χ0) is 20.4. The standard InChI is InChI=1S/C22H21N3O4/c1-14-2-4-15(5-3-14)6-9-20-24-21(25-29-20)16-7-8-18-17(10-16)11-19(28-18)22(23,12-26)13-27/h2-11,26-27H,12-13,23H2,1H3. The number of rotatable bonds is 6. The summed E-state index contributed by atoms with van der Waals surface area (Å²) < 4.78 is 11.0. The van der Waals surface area contributed by atoms with Gasteiger partial charge in [-0.25, -0.2) is 0 Å². The van der Waals surface area contributed by atoms with Crippen molar-refractivity contribution in [2.24, 2.45) is 5.73 Å². The molecule has 148 valence electrons. The topological polar surface area (TPSA) is 119 Å². The number of nitrogens with two attached hydrogens (primary N) is 1. The summed E-state index contributed by atoms with van der Waals surface area (Å²) in [6, 6.07) is 15.2. The van der Waals surface area contributed by atoms with E-state index in [-0.39, 0.29) is 0 Å². The van der Waals surface area contributed by atoms with Gasteiger partial charge in [0.2, 0.25) is 5.82 Å². The van der Waals surface area contributed by atoms with Crippen LogP contribution in [0.1, 0.15) is 22.8 Å². The Morgan fingerprint density at radius 3 is 2.52 bits per heavy atom. The predicted octanol–water partition coefficient (Wildman–Crippen LogP) is 3.10. The molecule has 7 nitrogen and oxygen atoms in total. The van der Waals surface area contributed by atoms with Gasteiger partial charge in [-0.2, -0.15) is 4.98 Å². The van der Waals surface area contributed by atoms with Gasteiger partial charge in [0.05, 0.1) is 13.2 Å². The Bertz CT molecular complexity index is 1150. The van der Waals surface area contributed by atoms with Crippen molar-refractivity contribution in [3.63, 3.8) is 0 Å². The number of aliphatic hydroxyl groups excluding tert-OH is 2. The van der Waals surface area contributed by atoms with Gasteiger partial charge in [-0.05, 0) is 42.8 Å². The molecule has 0 bridgehead atoms. The lowest BCUT2D eigenvalue weighted by molar-refractivity contribution is 0.105. The third-order valence-electron chi connectivity index (χ3n) is 4.77. The van der Waals surface area contributed by atoms with Crippen LogP contribution in [0.2, 0.25) is 0 Å². The smallest absolute Gasteiger partial charge is 0.250 e. The minimum absolute atomic E-state index is 0.310. The van der Waals surface area contributed by atoms with Crippen molar-refractivity contribution in [1.82, 2.24) is 10.1 Å². The molecule has 0 saturated heterocycles. The van der Waals surface area contributed by atoms with Gasteiger partial charge in [0.15, 0.2) is 0 Å². The van der Waals surface area contributed by atoms with Gasteiger partial charge in [-0.15, -0.1) is 0 Å². The van der Waals surface area contributed by atoms with Gasteiger partial charge in [-0.3, -0.25) is 0 Å². The van der Waals surface area contributed by atoms with E-state index in [1.165, 1.54) is 5.56 Å². The van der Waals surface area contributed by atoms with E-state index in [1.807, 2.05) is 49.4 Å². The molecule has 2 heterocycles. The van der Waals surface area contributed by atoms with Crippen LogP contribution in [0.3, 0.4) is 0 Å². The summed E-state index contributed by atoms with van der Waals surface area (Å²) in [5.41, 5.74) is 8.23. The fraction of sp³-hybridized carbons (Fsp3) is 0.182. The third-order valence-corrected chi connectivity index (χ3v) is 4.77. The second kappa shape index (κ2) is 7.63. The molecule has 0 saturated carbocycles. The minimum atomic E-state index is -1.33. The molecule has 0 aliphatic rings. The fourth-order valence-corrected chi connectivity index (χ4v) is 2.90. The molecule has 29 heavy (non-hydrogen) atoms. The van der Waals surface area contributed by atoms with Crippen LogP contribution in [0, 0.1) is 6.92 Å². The number of furan rings is 1. The second-order valence-corrected chi connectivity index (χ2v) is 7.04. The molecular weight excluding hydrogens is 370 g/mol. The van der Waals surface area contributed by atoms with Gasteiger partial charge in [0.25, 0.3) is 5.89 Å². The van der Waals surface area contributed by atoms with E-state index >= 15 is 0 Å². The van der Waals surface area contributed by atoms with E-state index in [9.17, 15) is 10.2 Å². The van der Waals surface area contributed by atoms with E-state index in [2.05, 4.69) is 10.1 Å². The molecule has 7 heteroatoms. The zero-order valence-corrected chi connectivity index (χ0v) is 15.9. The number of hydrogen-bond donors (Lipinski definition) is 3. The average Bonchev–Trinajstić information content (AvgIpc) is 3.39. The van der Waals surface area contributed by atoms with E-state index in [1.54, 1.807) is 18.2 Å². The van der Waals surface area contributed by atoms with Gasteiger partial charge >= 0.3 is 0 Å². The number of benzene rings is 2. The Morgan fingerprint density at radius 1 is 1.03 bits per heavy atom. The SMILES string of the molecule is Cc1ccc(C=Cc2nc(-c3ccc4oc(C(N)(CO)CO)cc4c3)no2)cc1. The molecule has 0 fully saturated rings. The Kier molecular flexibility index (Phi) is 5.02. The number of hydrogen-bond acceptors (Lipinski definition) is 7. The number of nitrogens with zero attached hydrogens (tertiary/aromatic N) is 2. The Balaban J connectivity index is 1.59. The molecule has 0 radical (unpaired) electrons. The highest BCUT2D eigenvalue weighted by atomic mass is 16.5. The maximum absolute atomic E-state index is 9.46. The quantitative estimate of drug-likeness (QED) is 0.462. The van der Waals surface area contributed by atoms with E-state index in [0.717, 1.165) is 16.5 Å². The normalized spacial score (nSPS) is 12.3. The molecule has 0 atom stereocenters. The first kappa shape index (κ1) is 19.1. The zero-order valence-electron chi connectivity index (χ0n) is 15.9. The Labute approximate surface area is 167 Å². The third kappa shape index (κ3) is 3.84. The highest BCUT2D eigenvalue weighted by Crippen LogP contribution is 2.29.